The lowest BCUT2D eigenvalue weighted by molar-refractivity contribution is -0.383. The third-order valence-electron chi connectivity index (χ3n) is 6.94. The molecular formula is C22H36O13. The number of esters is 1. The van der Waals surface area contributed by atoms with Gasteiger partial charge in [0, 0.05) is 5.57 Å². The Hall–Kier alpha value is -1.23. The molecule has 10 unspecified atom stereocenters. The number of rotatable bonds is 8. The first-order valence-electron chi connectivity index (χ1n) is 11.6. The average Bonchev–Trinajstić information content (AvgIpc) is 3.07. The monoisotopic (exact) mass is 508 g/mol. The maximum absolute atomic E-state index is 12.5. The second kappa shape index (κ2) is 11.0. The van der Waals surface area contributed by atoms with E-state index in [-0.39, 0.29) is 5.92 Å². The Morgan fingerprint density at radius 2 is 1.77 bits per heavy atom. The number of carbonyl (C=O) groups excluding carboxylic acids is 1. The van der Waals surface area contributed by atoms with E-state index in [1.54, 1.807) is 19.9 Å². The first kappa shape index (κ1) is 28.3. The molecule has 0 aromatic carbocycles. The van der Waals surface area contributed by atoms with E-state index in [9.17, 15) is 45.6 Å². The Morgan fingerprint density at radius 3 is 2.29 bits per heavy atom. The second-order valence-electron chi connectivity index (χ2n) is 9.83. The molecule has 2 heterocycles. The Kier molecular flexibility index (Phi) is 8.93. The number of carbonyl (C=O) groups is 1. The fraction of sp³-hybridized carbons (Fsp3) is 0.864. The van der Waals surface area contributed by atoms with E-state index in [1.807, 2.05) is 0 Å². The Morgan fingerprint density at radius 1 is 1.09 bits per heavy atom. The third kappa shape index (κ3) is 5.86. The normalized spacial score (nSPS) is 42.6. The van der Waals surface area contributed by atoms with Gasteiger partial charge < -0.3 is 59.8 Å². The molecule has 3 rings (SSSR count). The van der Waals surface area contributed by atoms with Crippen molar-refractivity contribution in [2.24, 2.45) is 5.92 Å². The molecule has 2 fully saturated rings. The highest BCUT2D eigenvalue weighted by Gasteiger charge is 2.58. The van der Waals surface area contributed by atoms with Crippen LogP contribution in [0.2, 0.25) is 0 Å². The molecule has 35 heavy (non-hydrogen) atoms. The summed E-state index contributed by atoms with van der Waals surface area (Å²) < 4.78 is 21.4. The molecule has 13 nitrogen and oxygen atoms in total. The van der Waals surface area contributed by atoms with Gasteiger partial charge >= 0.3 is 5.97 Å². The Balaban J connectivity index is 1.64. The summed E-state index contributed by atoms with van der Waals surface area (Å²) in [6.07, 6.45) is -10.1. The van der Waals surface area contributed by atoms with Crippen molar-refractivity contribution in [2.75, 3.05) is 19.8 Å². The van der Waals surface area contributed by atoms with Crippen LogP contribution in [0.25, 0.3) is 0 Å². The molecule has 0 radical (unpaired) electrons. The zero-order chi connectivity index (χ0) is 26.1. The van der Waals surface area contributed by atoms with E-state index < -0.39 is 86.2 Å². The van der Waals surface area contributed by atoms with Gasteiger partial charge in [-0.1, -0.05) is 6.08 Å². The number of aliphatic hydroxyl groups is 8. The van der Waals surface area contributed by atoms with Crippen molar-refractivity contribution in [2.45, 2.75) is 93.5 Å². The van der Waals surface area contributed by atoms with E-state index in [1.165, 1.54) is 0 Å². The van der Waals surface area contributed by atoms with Crippen LogP contribution in [-0.2, 0) is 23.7 Å². The van der Waals surface area contributed by atoms with Gasteiger partial charge in [-0.3, -0.25) is 0 Å². The zero-order valence-corrected chi connectivity index (χ0v) is 19.6. The van der Waals surface area contributed by atoms with E-state index in [0.29, 0.717) is 24.8 Å². The van der Waals surface area contributed by atoms with E-state index in [0.717, 1.165) is 0 Å². The maximum Gasteiger partial charge on any atom is 0.333 e. The predicted octanol–water partition coefficient (Wildman–Crippen LogP) is -3.35. The van der Waals surface area contributed by atoms with Crippen LogP contribution in [0.3, 0.4) is 0 Å². The molecule has 0 saturated carbocycles. The third-order valence-corrected chi connectivity index (χ3v) is 6.94. The molecule has 3 aliphatic rings. The summed E-state index contributed by atoms with van der Waals surface area (Å²) in [5.74, 6) is -2.97. The summed E-state index contributed by atoms with van der Waals surface area (Å²) in [7, 11) is 0. The van der Waals surface area contributed by atoms with Crippen LogP contribution in [0.5, 0.6) is 0 Å². The zero-order valence-electron chi connectivity index (χ0n) is 19.6. The molecule has 2 saturated heterocycles. The van der Waals surface area contributed by atoms with E-state index >= 15 is 0 Å². The summed E-state index contributed by atoms with van der Waals surface area (Å²) in [5, 5.41) is 80.3. The Labute approximate surface area is 202 Å². The molecule has 2 aliphatic heterocycles. The quantitative estimate of drug-likeness (QED) is 0.151. The van der Waals surface area contributed by atoms with E-state index in [4.69, 9.17) is 18.9 Å². The van der Waals surface area contributed by atoms with Crippen LogP contribution >= 0.6 is 0 Å². The first-order valence-corrected chi connectivity index (χ1v) is 11.6. The van der Waals surface area contributed by atoms with Crippen LogP contribution in [0.4, 0.5) is 0 Å². The highest BCUT2D eigenvalue weighted by molar-refractivity contribution is 5.88. The summed E-state index contributed by atoms with van der Waals surface area (Å²) in [4.78, 5) is 12.5. The van der Waals surface area contributed by atoms with Gasteiger partial charge in [-0.2, -0.15) is 0 Å². The van der Waals surface area contributed by atoms with Crippen molar-refractivity contribution < 1.29 is 64.6 Å². The van der Waals surface area contributed by atoms with Crippen LogP contribution in [0.1, 0.15) is 33.1 Å². The number of hydrogen-bond donors (Lipinski definition) is 8. The van der Waals surface area contributed by atoms with Crippen LogP contribution in [-0.4, -0.2) is 127 Å². The van der Waals surface area contributed by atoms with Crippen LogP contribution in [0, 0.1) is 5.92 Å². The topological polar surface area (TPSA) is 216 Å². The van der Waals surface area contributed by atoms with Crippen molar-refractivity contribution in [1.82, 2.24) is 0 Å². The molecule has 13 heteroatoms. The molecular weight excluding hydrogens is 472 g/mol. The van der Waals surface area contributed by atoms with Crippen molar-refractivity contribution >= 4 is 5.97 Å². The van der Waals surface area contributed by atoms with Crippen molar-refractivity contribution in [1.29, 1.82) is 0 Å². The molecule has 10 atom stereocenters. The molecule has 1 aliphatic carbocycles. The Bertz CT molecular complexity index is 767. The van der Waals surface area contributed by atoms with Crippen molar-refractivity contribution in [3.05, 3.63) is 11.6 Å². The minimum Gasteiger partial charge on any atom is -0.459 e. The summed E-state index contributed by atoms with van der Waals surface area (Å²) in [6.45, 7) is 1.18. The smallest absolute Gasteiger partial charge is 0.333 e. The summed E-state index contributed by atoms with van der Waals surface area (Å²) in [5.41, 5.74) is -0.483. The lowest BCUT2D eigenvalue weighted by atomic mass is 9.79. The molecule has 0 amide bonds. The lowest BCUT2D eigenvalue weighted by Gasteiger charge is -2.43. The minimum absolute atomic E-state index is 0.00644. The molecule has 0 aromatic heterocycles. The first-order chi connectivity index (χ1) is 16.3. The number of hydrogen-bond acceptors (Lipinski definition) is 13. The highest BCUT2D eigenvalue weighted by Crippen LogP contribution is 2.36. The number of ether oxygens (including phenoxy) is 4. The van der Waals surface area contributed by atoms with Crippen molar-refractivity contribution in [3.8, 4) is 0 Å². The molecule has 0 spiro atoms. The van der Waals surface area contributed by atoms with Gasteiger partial charge in [-0.05, 0) is 39.0 Å². The average molecular weight is 509 g/mol. The molecule has 202 valence electrons. The largest absolute Gasteiger partial charge is 0.459 e. The standard InChI is InChI=1S/C22H36O13/c1-21(2,31)11-5-3-10(4-6-11)19(30)32-8-13-14(25)16(27)17(28)20(33-13)35-22(9-24)18(29)15(26)12(7-23)34-22/h3,11-18,20,23-29,31H,4-9H2,1-2H3. The number of allylic oxidation sites excluding steroid dienone is 1. The predicted molar refractivity (Wildman–Crippen MR) is 114 cm³/mol. The minimum atomic E-state index is -2.30. The van der Waals surface area contributed by atoms with Gasteiger partial charge in [0.15, 0.2) is 6.29 Å². The SMILES string of the molecule is CC(C)(O)C1CC=C(C(=O)OCC2OC(OC3(CO)OC(CO)C(O)C3O)C(O)C(O)C2O)CC1. The van der Waals surface area contributed by atoms with Gasteiger partial charge in [0.25, 0.3) is 0 Å². The van der Waals surface area contributed by atoms with Crippen LogP contribution < -0.4 is 0 Å². The van der Waals surface area contributed by atoms with Gasteiger partial charge in [0.1, 0.15) is 55.9 Å². The van der Waals surface area contributed by atoms with Gasteiger partial charge in [0.2, 0.25) is 5.79 Å². The van der Waals surface area contributed by atoms with Gasteiger partial charge in [-0.15, -0.1) is 0 Å². The van der Waals surface area contributed by atoms with Gasteiger partial charge in [0.05, 0.1) is 12.2 Å². The molecule has 0 bridgehead atoms. The molecule has 0 aromatic rings. The number of aliphatic hydroxyl groups excluding tert-OH is 7. The highest BCUT2D eigenvalue weighted by atomic mass is 16.8. The maximum atomic E-state index is 12.5. The second-order valence-corrected chi connectivity index (χ2v) is 9.83. The van der Waals surface area contributed by atoms with E-state index in [2.05, 4.69) is 0 Å². The molecule has 8 N–H and O–H groups in total. The fourth-order valence-electron chi connectivity index (χ4n) is 4.53. The lowest BCUT2D eigenvalue weighted by Crippen LogP contribution is -2.62. The summed E-state index contributed by atoms with van der Waals surface area (Å²) in [6, 6.07) is 0. The van der Waals surface area contributed by atoms with Crippen LogP contribution in [0.15, 0.2) is 11.6 Å². The van der Waals surface area contributed by atoms with Gasteiger partial charge in [-0.25, -0.2) is 4.79 Å². The summed E-state index contributed by atoms with van der Waals surface area (Å²) >= 11 is 0. The van der Waals surface area contributed by atoms with Crippen molar-refractivity contribution in [3.63, 3.8) is 0 Å². The fourth-order valence-corrected chi connectivity index (χ4v) is 4.53.